The molecule has 0 saturated carbocycles. The Morgan fingerprint density at radius 3 is 2.57 bits per heavy atom. The van der Waals surface area contributed by atoms with Crippen molar-refractivity contribution < 1.29 is 4.79 Å². The summed E-state index contributed by atoms with van der Waals surface area (Å²) in [7, 11) is 4.13. The van der Waals surface area contributed by atoms with Gasteiger partial charge in [-0.2, -0.15) is 0 Å². The minimum absolute atomic E-state index is 0.0252. The van der Waals surface area contributed by atoms with Gasteiger partial charge in [-0.05, 0) is 53.8 Å². The lowest BCUT2D eigenvalue weighted by Crippen LogP contribution is -2.29. The molecule has 1 heterocycles. The highest BCUT2D eigenvalue weighted by molar-refractivity contribution is 5.92. The highest BCUT2D eigenvalue weighted by Gasteiger charge is 2.38. The van der Waals surface area contributed by atoms with Crippen LogP contribution in [0.3, 0.4) is 0 Å². The van der Waals surface area contributed by atoms with Crippen molar-refractivity contribution in [2.45, 2.75) is 32.2 Å². The third kappa shape index (κ3) is 3.39. The molecule has 4 rings (SSSR count). The van der Waals surface area contributed by atoms with Gasteiger partial charge in [-0.15, -0.1) is 0 Å². The molecule has 2 N–H and O–H groups in total. The van der Waals surface area contributed by atoms with Gasteiger partial charge in [0.05, 0.1) is 6.04 Å². The van der Waals surface area contributed by atoms with Gasteiger partial charge in [0.1, 0.15) is 0 Å². The zero-order chi connectivity index (χ0) is 19.8. The predicted octanol–water partition coefficient (Wildman–Crippen LogP) is 5.17. The zero-order valence-corrected chi connectivity index (χ0v) is 17.1. The second-order valence-electron chi connectivity index (χ2n) is 8.41. The van der Waals surface area contributed by atoms with Crippen LogP contribution in [0.5, 0.6) is 0 Å². The second kappa shape index (κ2) is 7.34. The van der Waals surface area contributed by atoms with Gasteiger partial charge >= 0.3 is 0 Å². The Bertz CT molecular complexity index is 899. The number of allylic oxidation sites excluding steroid dienone is 2. The molecule has 0 bridgehead atoms. The van der Waals surface area contributed by atoms with Gasteiger partial charge in [0.25, 0.3) is 0 Å². The third-order valence-corrected chi connectivity index (χ3v) is 5.92. The van der Waals surface area contributed by atoms with Crippen molar-refractivity contribution >= 4 is 23.0 Å². The maximum Gasteiger partial charge on any atom is 0.226 e. The molecule has 4 nitrogen and oxygen atoms in total. The highest BCUT2D eigenvalue weighted by atomic mass is 16.1. The van der Waals surface area contributed by atoms with E-state index in [9.17, 15) is 4.79 Å². The van der Waals surface area contributed by atoms with Crippen molar-refractivity contribution in [3.8, 4) is 0 Å². The maximum absolute atomic E-state index is 12.1. The monoisotopic (exact) mass is 375 g/mol. The molecule has 2 aliphatic rings. The van der Waals surface area contributed by atoms with Gasteiger partial charge in [0.2, 0.25) is 5.91 Å². The molecule has 28 heavy (non-hydrogen) atoms. The first kappa shape index (κ1) is 18.6. The van der Waals surface area contributed by atoms with Crippen LogP contribution in [0.4, 0.5) is 17.1 Å². The summed E-state index contributed by atoms with van der Waals surface area (Å²) in [6.45, 7) is 3.83. The first-order valence-corrected chi connectivity index (χ1v) is 10.1. The fraction of sp³-hybridized carbons (Fsp3) is 0.375. The first-order chi connectivity index (χ1) is 13.4. The van der Waals surface area contributed by atoms with E-state index in [2.05, 4.69) is 78.2 Å². The summed E-state index contributed by atoms with van der Waals surface area (Å²) in [5.74, 6) is 0.906. The van der Waals surface area contributed by atoms with Crippen molar-refractivity contribution in [2.75, 3.05) is 29.6 Å². The quantitative estimate of drug-likeness (QED) is 0.724. The van der Waals surface area contributed by atoms with Crippen LogP contribution in [-0.4, -0.2) is 20.0 Å². The van der Waals surface area contributed by atoms with Gasteiger partial charge in [0.15, 0.2) is 0 Å². The minimum atomic E-state index is -0.0252. The van der Waals surface area contributed by atoms with Gasteiger partial charge in [-0.1, -0.05) is 38.1 Å². The van der Waals surface area contributed by atoms with Crippen molar-refractivity contribution in [1.82, 2.24) is 0 Å². The van der Waals surface area contributed by atoms with Crippen molar-refractivity contribution in [3.63, 3.8) is 0 Å². The smallest absolute Gasteiger partial charge is 0.226 e. The van der Waals surface area contributed by atoms with E-state index >= 15 is 0 Å². The first-order valence-electron chi connectivity index (χ1n) is 10.1. The van der Waals surface area contributed by atoms with E-state index in [-0.39, 0.29) is 11.8 Å². The van der Waals surface area contributed by atoms with Crippen LogP contribution in [0.15, 0.2) is 54.6 Å². The molecule has 0 radical (unpaired) electrons. The lowest BCUT2D eigenvalue weighted by atomic mass is 9.77. The molecule has 0 fully saturated rings. The van der Waals surface area contributed by atoms with Crippen molar-refractivity contribution in [3.05, 3.63) is 65.7 Å². The zero-order valence-electron chi connectivity index (χ0n) is 17.1. The number of nitrogens with zero attached hydrogens (tertiary/aromatic N) is 1. The van der Waals surface area contributed by atoms with Crippen LogP contribution >= 0.6 is 0 Å². The Morgan fingerprint density at radius 2 is 1.89 bits per heavy atom. The van der Waals surface area contributed by atoms with E-state index in [1.54, 1.807) is 0 Å². The standard InChI is InChI=1S/C24H29N3O/c1-15(2)24(28)25-17-10-13-22-21(14-17)19-6-5-7-20(19)23(26-22)16-8-11-18(12-9-16)27(3)4/h5-6,8-15,19-20,23,26H,7H2,1-4H3,(H,25,28). The SMILES string of the molecule is CC(C)C(=O)Nc1ccc2c(c1)C1C=CCC1C(c1ccc(N(C)C)cc1)N2. The molecule has 0 spiro atoms. The van der Waals surface area contributed by atoms with E-state index < -0.39 is 0 Å². The number of benzene rings is 2. The fourth-order valence-electron chi connectivity index (χ4n) is 4.27. The number of fused-ring (bicyclic) bond motifs is 3. The number of carbonyl (C=O) groups is 1. The summed E-state index contributed by atoms with van der Waals surface area (Å²) in [5, 5.41) is 6.81. The van der Waals surface area contributed by atoms with Gasteiger partial charge in [-0.3, -0.25) is 4.79 Å². The molecular formula is C24H29N3O. The van der Waals surface area contributed by atoms with E-state index in [0.29, 0.717) is 17.9 Å². The number of rotatable bonds is 4. The molecule has 2 aromatic rings. The molecule has 146 valence electrons. The van der Waals surface area contributed by atoms with Crippen LogP contribution in [-0.2, 0) is 4.79 Å². The van der Waals surface area contributed by atoms with Crippen molar-refractivity contribution in [1.29, 1.82) is 0 Å². The normalized spacial score (nSPS) is 22.4. The third-order valence-electron chi connectivity index (χ3n) is 5.92. The largest absolute Gasteiger partial charge is 0.378 e. The average molecular weight is 376 g/mol. The summed E-state index contributed by atoms with van der Waals surface area (Å²) in [4.78, 5) is 14.2. The van der Waals surface area contributed by atoms with Crippen LogP contribution in [0, 0.1) is 11.8 Å². The number of anilines is 3. The summed E-state index contributed by atoms with van der Waals surface area (Å²) in [6, 6.07) is 15.4. The molecule has 1 amide bonds. The van der Waals surface area contributed by atoms with E-state index in [1.807, 2.05) is 19.9 Å². The lowest BCUT2D eigenvalue weighted by Gasteiger charge is -2.38. The summed E-state index contributed by atoms with van der Waals surface area (Å²) in [5.41, 5.74) is 5.87. The van der Waals surface area contributed by atoms with E-state index in [0.717, 1.165) is 17.8 Å². The fourth-order valence-corrected chi connectivity index (χ4v) is 4.27. The van der Waals surface area contributed by atoms with Crippen LogP contribution in [0.25, 0.3) is 0 Å². The molecule has 2 aromatic carbocycles. The topological polar surface area (TPSA) is 44.4 Å². The molecule has 0 saturated heterocycles. The Labute approximate surface area is 167 Å². The van der Waals surface area contributed by atoms with Gasteiger partial charge in [-0.25, -0.2) is 0 Å². The summed E-state index contributed by atoms with van der Waals surface area (Å²) in [6.07, 6.45) is 5.70. The Morgan fingerprint density at radius 1 is 1.14 bits per heavy atom. The Kier molecular flexibility index (Phi) is 4.88. The Hall–Kier alpha value is -2.75. The summed E-state index contributed by atoms with van der Waals surface area (Å²) < 4.78 is 0. The maximum atomic E-state index is 12.1. The van der Waals surface area contributed by atoms with Crippen molar-refractivity contribution in [2.24, 2.45) is 11.8 Å². The summed E-state index contributed by atoms with van der Waals surface area (Å²) >= 11 is 0. The molecule has 3 atom stereocenters. The molecular weight excluding hydrogens is 346 g/mol. The van der Waals surface area contributed by atoms with Crippen LogP contribution in [0.1, 0.15) is 43.4 Å². The number of amides is 1. The number of nitrogens with one attached hydrogen (secondary N) is 2. The number of carbonyl (C=O) groups excluding carboxylic acids is 1. The predicted molar refractivity (Wildman–Crippen MR) is 117 cm³/mol. The highest BCUT2D eigenvalue weighted by Crippen LogP contribution is 2.50. The molecule has 3 unspecified atom stereocenters. The lowest BCUT2D eigenvalue weighted by molar-refractivity contribution is -0.118. The molecule has 1 aliphatic heterocycles. The average Bonchev–Trinajstić information content (AvgIpc) is 3.17. The van der Waals surface area contributed by atoms with Gasteiger partial charge < -0.3 is 15.5 Å². The van der Waals surface area contributed by atoms with Gasteiger partial charge in [0, 0.05) is 43.0 Å². The number of hydrogen-bond donors (Lipinski definition) is 2. The second-order valence-corrected chi connectivity index (χ2v) is 8.41. The molecule has 0 aromatic heterocycles. The van der Waals surface area contributed by atoms with Crippen LogP contribution < -0.4 is 15.5 Å². The minimum Gasteiger partial charge on any atom is -0.378 e. The molecule has 1 aliphatic carbocycles. The van der Waals surface area contributed by atoms with E-state index in [1.165, 1.54) is 16.8 Å². The van der Waals surface area contributed by atoms with Crippen LogP contribution in [0.2, 0.25) is 0 Å². The van der Waals surface area contributed by atoms with E-state index in [4.69, 9.17) is 0 Å². The molecule has 4 heteroatoms. The Balaban J connectivity index is 1.63. The number of hydrogen-bond acceptors (Lipinski definition) is 3.